The molecular weight excluding hydrogens is 282 g/mol. The molecule has 1 aliphatic rings. The van der Waals surface area contributed by atoms with Crippen molar-refractivity contribution in [3.63, 3.8) is 0 Å². The first-order chi connectivity index (χ1) is 9.93. The summed E-state index contributed by atoms with van der Waals surface area (Å²) in [6, 6.07) is 2.11. The van der Waals surface area contributed by atoms with Gasteiger partial charge in [-0.2, -0.15) is 0 Å². The van der Waals surface area contributed by atoms with Crippen molar-refractivity contribution in [2.75, 3.05) is 7.05 Å². The summed E-state index contributed by atoms with van der Waals surface area (Å²) in [6.45, 7) is 6.77. The number of H-pyrrole nitrogens is 1. The molecule has 0 saturated heterocycles. The standard InChI is InChI=1S/C16H27N3OS/c1-5-6-11-9-14(20)19-15(18-11)21-13-10-16(2,3)8-7-12(13)17-4/h9,12-13,17H,5-8,10H2,1-4H3,(H,18,19,20). The fraction of sp³-hybridized carbons (Fsp3) is 0.750. The molecule has 0 aliphatic heterocycles. The van der Waals surface area contributed by atoms with Crippen LogP contribution in [-0.2, 0) is 6.42 Å². The summed E-state index contributed by atoms with van der Waals surface area (Å²) in [6.07, 6.45) is 5.44. The van der Waals surface area contributed by atoms with Gasteiger partial charge in [0.1, 0.15) is 0 Å². The van der Waals surface area contributed by atoms with Gasteiger partial charge in [0.2, 0.25) is 0 Å². The van der Waals surface area contributed by atoms with E-state index in [1.807, 2.05) is 7.05 Å². The van der Waals surface area contributed by atoms with E-state index in [1.54, 1.807) is 17.8 Å². The predicted molar refractivity (Wildman–Crippen MR) is 89.0 cm³/mol. The minimum atomic E-state index is -0.0352. The van der Waals surface area contributed by atoms with Gasteiger partial charge in [-0.05, 0) is 38.1 Å². The molecule has 21 heavy (non-hydrogen) atoms. The second-order valence-electron chi connectivity index (χ2n) is 6.75. The molecule has 2 rings (SSSR count). The van der Waals surface area contributed by atoms with Gasteiger partial charge in [0.05, 0.1) is 0 Å². The van der Waals surface area contributed by atoms with Gasteiger partial charge < -0.3 is 10.3 Å². The van der Waals surface area contributed by atoms with Crippen molar-refractivity contribution in [1.82, 2.24) is 15.3 Å². The molecule has 2 N–H and O–H groups in total. The maximum atomic E-state index is 11.8. The van der Waals surface area contributed by atoms with Gasteiger partial charge in [-0.1, -0.05) is 39.0 Å². The zero-order valence-corrected chi connectivity index (χ0v) is 14.3. The minimum Gasteiger partial charge on any atom is -0.316 e. The lowest BCUT2D eigenvalue weighted by atomic mass is 9.75. The topological polar surface area (TPSA) is 57.8 Å². The van der Waals surface area contributed by atoms with Gasteiger partial charge in [0, 0.05) is 23.1 Å². The molecule has 0 radical (unpaired) electrons. The lowest BCUT2D eigenvalue weighted by Crippen LogP contribution is -2.43. The molecule has 1 heterocycles. The smallest absolute Gasteiger partial charge is 0.251 e. The second-order valence-corrected chi connectivity index (χ2v) is 7.98. The van der Waals surface area contributed by atoms with Gasteiger partial charge >= 0.3 is 0 Å². The fourth-order valence-electron chi connectivity index (χ4n) is 3.04. The van der Waals surface area contributed by atoms with Crippen molar-refractivity contribution in [3.05, 3.63) is 22.1 Å². The van der Waals surface area contributed by atoms with E-state index < -0.39 is 0 Å². The van der Waals surface area contributed by atoms with Crippen LogP contribution in [-0.4, -0.2) is 28.3 Å². The number of nitrogens with zero attached hydrogens (tertiary/aromatic N) is 1. The Hall–Kier alpha value is -0.810. The summed E-state index contributed by atoms with van der Waals surface area (Å²) in [7, 11) is 2.03. The van der Waals surface area contributed by atoms with Gasteiger partial charge in [-0.25, -0.2) is 4.98 Å². The molecule has 5 heteroatoms. The lowest BCUT2D eigenvalue weighted by molar-refractivity contribution is 0.218. The van der Waals surface area contributed by atoms with Crippen LogP contribution in [0.1, 0.15) is 52.1 Å². The Balaban J connectivity index is 2.16. The van der Waals surface area contributed by atoms with Gasteiger partial charge in [0.15, 0.2) is 5.16 Å². The van der Waals surface area contributed by atoms with E-state index in [4.69, 9.17) is 0 Å². The number of aromatic amines is 1. The molecule has 118 valence electrons. The number of aromatic nitrogens is 2. The van der Waals surface area contributed by atoms with Crippen LogP contribution in [0.3, 0.4) is 0 Å². The van der Waals surface area contributed by atoms with Crippen LogP contribution in [0, 0.1) is 5.41 Å². The third kappa shape index (κ3) is 4.58. The van der Waals surface area contributed by atoms with Crippen molar-refractivity contribution in [1.29, 1.82) is 0 Å². The Kier molecular flexibility index (Phi) is 5.49. The quantitative estimate of drug-likeness (QED) is 0.821. The van der Waals surface area contributed by atoms with Gasteiger partial charge in [-0.15, -0.1) is 0 Å². The molecule has 0 spiro atoms. The zero-order valence-electron chi connectivity index (χ0n) is 13.5. The predicted octanol–water partition coefficient (Wildman–Crippen LogP) is 2.98. The highest BCUT2D eigenvalue weighted by Gasteiger charge is 2.35. The monoisotopic (exact) mass is 309 g/mol. The van der Waals surface area contributed by atoms with Gasteiger partial charge in [0.25, 0.3) is 5.56 Å². The average Bonchev–Trinajstić information content (AvgIpc) is 2.37. The Bertz CT molecular complexity index is 526. The molecule has 1 aliphatic carbocycles. The van der Waals surface area contributed by atoms with Crippen LogP contribution >= 0.6 is 11.8 Å². The maximum Gasteiger partial charge on any atom is 0.251 e. The SMILES string of the molecule is CCCc1cc(=O)[nH]c(SC2CC(C)(C)CCC2NC)n1. The summed E-state index contributed by atoms with van der Waals surface area (Å²) in [5.74, 6) is 0. The molecule has 0 bridgehead atoms. The molecule has 0 aromatic carbocycles. The fourth-order valence-corrected chi connectivity index (χ4v) is 4.63. The number of hydrogen-bond acceptors (Lipinski definition) is 4. The first kappa shape index (κ1) is 16.6. The van der Waals surface area contributed by atoms with Crippen molar-refractivity contribution < 1.29 is 0 Å². The van der Waals surface area contributed by atoms with E-state index in [-0.39, 0.29) is 5.56 Å². The first-order valence-corrected chi connectivity index (χ1v) is 8.75. The Morgan fingerprint density at radius 2 is 2.29 bits per heavy atom. The van der Waals surface area contributed by atoms with E-state index in [1.165, 1.54) is 12.8 Å². The third-order valence-electron chi connectivity index (χ3n) is 4.25. The zero-order chi connectivity index (χ0) is 15.5. The Morgan fingerprint density at radius 3 is 2.95 bits per heavy atom. The molecule has 1 aromatic heterocycles. The molecule has 4 nitrogen and oxygen atoms in total. The molecule has 1 saturated carbocycles. The van der Waals surface area contributed by atoms with Crippen molar-refractivity contribution in [2.45, 2.75) is 69.3 Å². The van der Waals surface area contributed by atoms with Crippen LogP contribution in [0.25, 0.3) is 0 Å². The maximum absolute atomic E-state index is 11.8. The largest absolute Gasteiger partial charge is 0.316 e. The summed E-state index contributed by atoms with van der Waals surface area (Å²) in [5, 5.41) is 4.66. The van der Waals surface area contributed by atoms with E-state index >= 15 is 0 Å². The normalized spacial score (nSPS) is 25.0. The van der Waals surface area contributed by atoms with Crippen LogP contribution < -0.4 is 10.9 Å². The second kappa shape index (κ2) is 6.97. The van der Waals surface area contributed by atoms with Crippen molar-refractivity contribution in [2.24, 2.45) is 5.41 Å². The minimum absolute atomic E-state index is 0.0352. The number of nitrogens with one attached hydrogen (secondary N) is 2. The highest BCUT2D eigenvalue weighted by Crippen LogP contribution is 2.41. The summed E-state index contributed by atoms with van der Waals surface area (Å²) in [4.78, 5) is 19.3. The number of rotatable bonds is 5. The number of aryl methyl sites for hydroxylation is 1. The molecule has 2 unspecified atom stereocenters. The van der Waals surface area contributed by atoms with E-state index in [9.17, 15) is 4.79 Å². The van der Waals surface area contributed by atoms with Gasteiger partial charge in [-0.3, -0.25) is 4.79 Å². The summed E-state index contributed by atoms with van der Waals surface area (Å²) < 4.78 is 0. The lowest BCUT2D eigenvalue weighted by Gasteiger charge is -2.40. The van der Waals surface area contributed by atoms with Crippen LogP contribution in [0.15, 0.2) is 16.0 Å². The number of hydrogen-bond donors (Lipinski definition) is 2. The highest BCUT2D eigenvalue weighted by molar-refractivity contribution is 7.99. The van der Waals surface area contributed by atoms with E-state index in [0.29, 0.717) is 16.7 Å². The molecular formula is C16H27N3OS. The molecule has 1 aromatic rings. The summed E-state index contributed by atoms with van der Waals surface area (Å²) >= 11 is 1.72. The molecule has 2 atom stereocenters. The molecule has 0 amide bonds. The number of thioether (sulfide) groups is 1. The summed E-state index contributed by atoms with van der Waals surface area (Å²) in [5.41, 5.74) is 1.23. The van der Waals surface area contributed by atoms with E-state index in [2.05, 4.69) is 36.1 Å². The van der Waals surface area contributed by atoms with Crippen LogP contribution in [0.2, 0.25) is 0 Å². The Morgan fingerprint density at radius 1 is 1.52 bits per heavy atom. The van der Waals surface area contributed by atoms with Crippen LogP contribution in [0.4, 0.5) is 0 Å². The average molecular weight is 309 g/mol. The van der Waals surface area contributed by atoms with Crippen molar-refractivity contribution in [3.8, 4) is 0 Å². The van der Waals surface area contributed by atoms with E-state index in [0.717, 1.165) is 30.1 Å². The third-order valence-corrected chi connectivity index (χ3v) is 5.46. The molecule has 1 fully saturated rings. The Labute approximate surface area is 131 Å². The van der Waals surface area contributed by atoms with Crippen molar-refractivity contribution >= 4 is 11.8 Å². The highest BCUT2D eigenvalue weighted by atomic mass is 32.2. The first-order valence-electron chi connectivity index (χ1n) is 7.87. The van der Waals surface area contributed by atoms with Crippen LogP contribution in [0.5, 0.6) is 0 Å².